The number of benzene rings is 1. The van der Waals surface area contributed by atoms with Gasteiger partial charge in [-0.05, 0) is 30.7 Å². The maximum atomic E-state index is 11.8. The molecular formula is C22H35NO3. The molecular weight excluding hydrogens is 326 g/mol. The molecule has 0 heterocycles. The van der Waals surface area contributed by atoms with Gasteiger partial charge in [-0.2, -0.15) is 0 Å². The molecule has 0 saturated carbocycles. The van der Waals surface area contributed by atoms with Crippen LogP contribution in [0.2, 0.25) is 0 Å². The molecule has 1 aromatic rings. The lowest BCUT2D eigenvalue weighted by Crippen LogP contribution is -2.11. The molecule has 0 unspecified atom stereocenters. The number of rotatable bonds is 15. The highest BCUT2D eigenvalue weighted by Gasteiger charge is 2.07. The summed E-state index contributed by atoms with van der Waals surface area (Å²) in [4.78, 5) is 22.6. The van der Waals surface area contributed by atoms with Crippen molar-refractivity contribution in [3.8, 4) is 0 Å². The van der Waals surface area contributed by atoms with E-state index in [2.05, 4.69) is 12.2 Å². The van der Waals surface area contributed by atoms with E-state index in [1.54, 1.807) is 12.1 Å². The zero-order valence-electron chi connectivity index (χ0n) is 16.5. The molecule has 4 heteroatoms. The topological polar surface area (TPSA) is 55.4 Å². The third kappa shape index (κ3) is 10.9. The van der Waals surface area contributed by atoms with Gasteiger partial charge in [0, 0.05) is 24.7 Å². The first-order valence-corrected chi connectivity index (χ1v) is 10.1. The van der Waals surface area contributed by atoms with Gasteiger partial charge in [0.15, 0.2) is 12.4 Å². The fourth-order valence-corrected chi connectivity index (χ4v) is 2.87. The minimum atomic E-state index is -0.437. The van der Waals surface area contributed by atoms with Crippen LogP contribution in [0, 0.1) is 0 Å². The monoisotopic (exact) mass is 361 g/mol. The van der Waals surface area contributed by atoms with Gasteiger partial charge in [-0.3, -0.25) is 9.59 Å². The van der Waals surface area contributed by atoms with Crippen molar-refractivity contribution >= 4 is 17.4 Å². The molecule has 146 valence electrons. The van der Waals surface area contributed by atoms with Crippen LogP contribution < -0.4 is 5.32 Å². The number of hydrogen-bond donors (Lipinski definition) is 1. The number of ether oxygens (including phenoxy) is 1. The van der Waals surface area contributed by atoms with Crippen LogP contribution in [0.5, 0.6) is 0 Å². The molecule has 0 fully saturated rings. The largest absolute Gasteiger partial charge is 0.457 e. The standard InChI is InChI=1S/C22H35NO3/c1-3-4-5-6-7-8-9-10-11-12-17-23-21-15-13-20(14-16-21)22(25)18-26-19(2)24/h13-16,23H,3-12,17-18H2,1-2H3. The van der Waals surface area contributed by atoms with Crippen molar-refractivity contribution in [2.75, 3.05) is 18.5 Å². The van der Waals surface area contributed by atoms with Crippen molar-refractivity contribution in [1.29, 1.82) is 0 Å². The number of esters is 1. The predicted molar refractivity (Wildman–Crippen MR) is 108 cm³/mol. The first kappa shape index (κ1) is 22.2. The lowest BCUT2D eigenvalue weighted by atomic mass is 10.1. The molecule has 0 aliphatic heterocycles. The van der Waals surface area contributed by atoms with Gasteiger partial charge in [0.1, 0.15) is 0 Å². The van der Waals surface area contributed by atoms with Crippen molar-refractivity contribution in [1.82, 2.24) is 0 Å². The van der Waals surface area contributed by atoms with E-state index in [4.69, 9.17) is 4.74 Å². The normalized spacial score (nSPS) is 10.5. The third-order valence-electron chi connectivity index (χ3n) is 4.47. The van der Waals surface area contributed by atoms with Gasteiger partial charge < -0.3 is 10.1 Å². The van der Waals surface area contributed by atoms with E-state index in [1.807, 2.05) is 12.1 Å². The summed E-state index contributed by atoms with van der Waals surface area (Å²) in [6.07, 6.45) is 13.4. The number of Topliss-reactive ketones (excluding diaryl/α,β-unsaturated/α-hetero) is 1. The lowest BCUT2D eigenvalue weighted by molar-refractivity contribution is -0.139. The summed E-state index contributed by atoms with van der Waals surface area (Å²) in [6.45, 7) is 4.32. The van der Waals surface area contributed by atoms with Gasteiger partial charge >= 0.3 is 5.97 Å². The Kier molecular flexibility index (Phi) is 12.2. The van der Waals surface area contributed by atoms with Crippen molar-refractivity contribution in [3.63, 3.8) is 0 Å². The summed E-state index contributed by atoms with van der Waals surface area (Å²) in [7, 11) is 0. The fourth-order valence-electron chi connectivity index (χ4n) is 2.87. The van der Waals surface area contributed by atoms with Gasteiger partial charge in [-0.1, -0.05) is 64.7 Å². The fraction of sp³-hybridized carbons (Fsp3) is 0.636. The Labute approximate surface area is 158 Å². The molecule has 0 aliphatic carbocycles. The molecule has 4 nitrogen and oxygen atoms in total. The summed E-state index contributed by atoms with van der Waals surface area (Å²) in [5, 5.41) is 3.39. The van der Waals surface area contributed by atoms with E-state index >= 15 is 0 Å². The average molecular weight is 362 g/mol. The van der Waals surface area contributed by atoms with Crippen LogP contribution in [-0.2, 0) is 9.53 Å². The number of nitrogens with one attached hydrogen (secondary N) is 1. The Hall–Kier alpha value is -1.84. The molecule has 0 radical (unpaired) electrons. The van der Waals surface area contributed by atoms with Gasteiger partial charge in [0.25, 0.3) is 0 Å². The molecule has 26 heavy (non-hydrogen) atoms. The Morgan fingerprint density at radius 3 is 1.92 bits per heavy atom. The second kappa shape index (κ2) is 14.3. The Morgan fingerprint density at radius 2 is 1.38 bits per heavy atom. The first-order chi connectivity index (χ1) is 12.6. The van der Waals surface area contributed by atoms with Crippen LogP contribution in [0.3, 0.4) is 0 Å². The Bertz CT molecular complexity index is 511. The average Bonchev–Trinajstić information content (AvgIpc) is 2.64. The van der Waals surface area contributed by atoms with Crippen LogP contribution >= 0.6 is 0 Å². The van der Waals surface area contributed by atoms with Crippen LogP contribution in [0.15, 0.2) is 24.3 Å². The van der Waals surface area contributed by atoms with E-state index in [0.29, 0.717) is 5.56 Å². The highest BCUT2D eigenvalue weighted by atomic mass is 16.5. The summed E-state index contributed by atoms with van der Waals surface area (Å²) in [5.74, 6) is -0.616. The number of carbonyl (C=O) groups is 2. The van der Waals surface area contributed by atoms with Crippen LogP contribution in [0.1, 0.15) is 88.4 Å². The summed E-state index contributed by atoms with van der Waals surface area (Å²) >= 11 is 0. The van der Waals surface area contributed by atoms with Gasteiger partial charge in [0.05, 0.1) is 0 Å². The number of hydrogen-bond acceptors (Lipinski definition) is 4. The molecule has 0 saturated heterocycles. The van der Waals surface area contributed by atoms with Crippen molar-refractivity contribution in [2.45, 2.75) is 78.1 Å². The number of unbranched alkanes of at least 4 members (excludes halogenated alkanes) is 9. The van der Waals surface area contributed by atoms with E-state index in [-0.39, 0.29) is 12.4 Å². The number of carbonyl (C=O) groups excluding carboxylic acids is 2. The SMILES string of the molecule is CCCCCCCCCCCCNc1ccc(C(=O)COC(C)=O)cc1. The molecule has 0 amide bonds. The van der Waals surface area contributed by atoms with Gasteiger partial charge in [0.2, 0.25) is 0 Å². The summed E-state index contributed by atoms with van der Waals surface area (Å²) in [6, 6.07) is 7.34. The van der Waals surface area contributed by atoms with E-state index < -0.39 is 5.97 Å². The maximum absolute atomic E-state index is 11.8. The molecule has 0 aliphatic rings. The summed E-state index contributed by atoms with van der Waals surface area (Å²) < 4.78 is 4.73. The van der Waals surface area contributed by atoms with Gasteiger partial charge in [-0.25, -0.2) is 0 Å². The maximum Gasteiger partial charge on any atom is 0.303 e. The zero-order chi connectivity index (χ0) is 19.0. The molecule has 1 aromatic carbocycles. The van der Waals surface area contributed by atoms with Crippen molar-refractivity contribution in [3.05, 3.63) is 29.8 Å². The first-order valence-electron chi connectivity index (χ1n) is 10.1. The zero-order valence-corrected chi connectivity index (χ0v) is 16.5. The molecule has 1 rings (SSSR count). The highest BCUT2D eigenvalue weighted by Crippen LogP contribution is 2.12. The third-order valence-corrected chi connectivity index (χ3v) is 4.47. The Morgan fingerprint density at radius 1 is 0.846 bits per heavy atom. The molecule has 0 aromatic heterocycles. The second-order valence-corrected chi connectivity index (χ2v) is 6.89. The van der Waals surface area contributed by atoms with E-state index in [0.717, 1.165) is 12.2 Å². The second-order valence-electron chi connectivity index (χ2n) is 6.89. The van der Waals surface area contributed by atoms with Crippen molar-refractivity contribution < 1.29 is 14.3 Å². The van der Waals surface area contributed by atoms with Crippen LogP contribution in [0.25, 0.3) is 0 Å². The predicted octanol–water partition coefficient (Wildman–Crippen LogP) is 5.77. The minimum Gasteiger partial charge on any atom is -0.457 e. The van der Waals surface area contributed by atoms with Crippen LogP contribution in [0.4, 0.5) is 5.69 Å². The molecule has 0 atom stereocenters. The smallest absolute Gasteiger partial charge is 0.303 e. The number of ketones is 1. The van der Waals surface area contributed by atoms with Crippen LogP contribution in [-0.4, -0.2) is 24.9 Å². The minimum absolute atomic E-state index is 0.179. The lowest BCUT2D eigenvalue weighted by Gasteiger charge is -2.08. The molecule has 0 spiro atoms. The molecule has 1 N–H and O–H groups in total. The quantitative estimate of drug-likeness (QED) is 0.245. The summed E-state index contributed by atoms with van der Waals surface area (Å²) in [5.41, 5.74) is 1.58. The highest BCUT2D eigenvalue weighted by molar-refractivity contribution is 5.98. The van der Waals surface area contributed by atoms with Gasteiger partial charge in [-0.15, -0.1) is 0 Å². The number of anilines is 1. The van der Waals surface area contributed by atoms with E-state index in [9.17, 15) is 9.59 Å². The van der Waals surface area contributed by atoms with E-state index in [1.165, 1.54) is 71.1 Å². The van der Waals surface area contributed by atoms with Crippen molar-refractivity contribution in [2.24, 2.45) is 0 Å². The Balaban J connectivity index is 2.05. The molecule has 0 bridgehead atoms.